The predicted octanol–water partition coefficient (Wildman–Crippen LogP) is 3.07. The molecule has 0 N–H and O–H groups in total. The van der Waals surface area contributed by atoms with Gasteiger partial charge in [-0.05, 0) is 11.0 Å². The Morgan fingerprint density at radius 2 is 1.88 bits per heavy atom. The maximum atomic E-state index is 12.2. The first-order valence-corrected chi connectivity index (χ1v) is 5.22. The van der Waals surface area contributed by atoms with Crippen LogP contribution >= 0.6 is 0 Å². The van der Waals surface area contributed by atoms with E-state index in [1.165, 1.54) is 0 Å². The molecule has 2 nitrogen and oxygen atoms in total. The summed E-state index contributed by atoms with van der Waals surface area (Å²) in [6.45, 7) is 4.50. The third-order valence-corrected chi connectivity index (χ3v) is 2.23. The number of rotatable bonds is 4. The van der Waals surface area contributed by atoms with E-state index in [1.54, 1.807) is 12.3 Å². The molecule has 0 aliphatic rings. The van der Waals surface area contributed by atoms with Crippen molar-refractivity contribution in [1.29, 1.82) is 0 Å². The second kappa shape index (κ2) is 5.23. The van der Waals surface area contributed by atoms with Gasteiger partial charge < -0.3 is 4.74 Å². The molecule has 0 aliphatic heterocycles. The van der Waals surface area contributed by atoms with Gasteiger partial charge in [0.15, 0.2) is 6.10 Å². The van der Waals surface area contributed by atoms with E-state index in [9.17, 15) is 8.78 Å². The smallest absolute Gasteiger partial charge is 0.213 e. The Balaban J connectivity index is 2.72. The summed E-state index contributed by atoms with van der Waals surface area (Å²) < 4.78 is 29.5. The first kappa shape index (κ1) is 12.9. The fraction of sp³-hybridized carbons (Fsp3) is 0.583. The molecule has 0 saturated carbocycles. The molecule has 0 unspecified atom stereocenters. The van der Waals surface area contributed by atoms with Crippen molar-refractivity contribution in [3.63, 3.8) is 0 Å². The van der Waals surface area contributed by atoms with Crippen LogP contribution in [0.5, 0.6) is 5.88 Å². The molecule has 1 aromatic heterocycles. The summed E-state index contributed by atoms with van der Waals surface area (Å²) in [5.41, 5.74) is 1.06. The molecule has 1 rings (SSSR count). The second-order valence-corrected chi connectivity index (χ2v) is 4.68. The molecule has 4 heteroatoms. The minimum Gasteiger partial charge on any atom is -0.469 e. The van der Waals surface area contributed by atoms with Crippen LogP contribution in [0.1, 0.15) is 26.3 Å². The van der Waals surface area contributed by atoms with Crippen LogP contribution < -0.4 is 4.74 Å². The van der Waals surface area contributed by atoms with Crippen molar-refractivity contribution in [2.24, 2.45) is 0 Å². The average Bonchev–Trinajstić information content (AvgIpc) is 2.25. The summed E-state index contributed by atoms with van der Waals surface area (Å²) >= 11 is 0. The number of pyridine rings is 1. The standard InChI is InChI=1S/C12H17F2NO/c1-12(2,3)9-4-5-11(15-8-9)16-10(6-13)7-14/h4-5,8,10H,6-7H2,1-3H3. The van der Waals surface area contributed by atoms with Gasteiger partial charge in [0.25, 0.3) is 0 Å². The summed E-state index contributed by atoms with van der Waals surface area (Å²) in [4.78, 5) is 4.03. The zero-order valence-electron chi connectivity index (χ0n) is 9.84. The quantitative estimate of drug-likeness (QED) is 0.791. The molecule has 0 atom stereocenters. The number of aromatic nitrogens is 1. The first-order chi connectivity index (χ1) is 7.47. The lowest BCUT2D eigenvalue weighted by Crippen LogP contribution is -2.21. The zero-order chi connectivity index (χ0) is 12.2. The Morgan fingerprint density at radius 3 is 2.25 bits per heavy atom. The molecular formula is C12H17F2NO. The lowest BCUT2D eigenvalue weighted by molar-refractivity contribution is 0.128. The molecule has 0 amide bonds. The average molecular weight is 229 g/mol. The van der Waals surface area contributed by atoms with Crippen molar-refractivity contribution in [3.05, 3.63) is 23.9 Å². The van der Waals surface area contributed by atoms with Gasteiger partial charge in [-0.2, -0.15) is 0 Å². The lowest BCUT2D eigenvalue weighted by atomic mass is 9.88. The Hall–Kier alpha value is -1.19. The predicted molar refractivity (Wildman–Crippen MR) is 59.3 cm³/mol. The van der Waals surface area contributed by atoms with E-state index < -0.39 is 19.5 Å². The fourth-order valence-corrected chi connectivity index (χ4v) is 1.17. The maximum absolute atomic E-state index is 12.2. The van der Waals surface area contributed by atoms with E-state index in [0.717, 1.165) is 5.56 Å². The molecule has 16 heavy (non-hydrogen) atoms. The Kier molecular flexibility index (Phi) is 4.21. The van der Waals surface area contributed by atoms with Crippen LogP contribution in [0.25, 0.3) is 0 Å². The lowest BCUT2D eigenvalue weighted by Gasteiger charge is -2.19. The number of nitrogens with zero attached hydrogens (tertiary/aromatic N) is 1. The highest BCUT2D eigenvalue weighted by atomic mass is 19.1. The van der Waals surface area contributed by atoms with Gasteiger partial charge in [0, 0.05) is 12.3 Å². The van der Waals surface area contributed by atoms with Gasteiger partial charge in [-0.1, -0.05) is 26.8 Å². The van der Waals surface area contributed by atoms with Gasteiger partial charge in [-0.15, -0.1) is 0 Å². The van der Waals surface area contributed by atoms with Crippen molar-refractivity contribution >= 4 is 0 Å². The largest absolute Gasteiger partial charge is 0.469 e. The molecule has 1 heterocycles. The minimum absolute atomic E-state index is 0.00507. The topological polar surface area (TPSA) is 22.1 Å². The van der Waals surface area contributed by atoms with Crippen molar-refractivity contribution in [3.8, 4) is 5.88 Å². The van der Waals surface area contributed by atoms with E-state index in [0.29, 0.717) is 0 Å². The highest BCUT2D eigenvalue weighted by Gasteiger charge is 2.15. The van der Waals surface area contributed by atoms with E-state index >= 15 is 0 Å². The van der Waals surface area contributed by atoms with Crippen LogP contribution in [0, 0.1) is 0 Å². The van der Waals surface area contributed by atoms with Crippen LogP contribution in [0.2, 0.25) is 0 Å². The molecule has 0 spiro atoms. The second-order valence-electron chi connectivity index (χ2n) is 4.68. The van der Waals surface area contributed by atoms with E-state index in [-0.39, 0.29) is 11.3 Å². The van der Waals surface area contributed by atoms with E-state index in [2.05, 4.69) is 25.8 Å². The van der Waals surface area contributed by atoms with Crippen LogP contribution in [0.15, 0.2) is 18.3 Å². The van der Waals surface area contributed by atoms with E-state index in [4.69, 9.17) is 4.74 Å². The molecule has 0 bridgehead atoms. The highest BCUT2D eigenvalue weighted by molar-refractivity contribution is 5.23. The monoisotopic (exact) mass is 229 g/mol. The summed E-state index contributed by atoms with van der Waals surface area (Å²) in [6.07, 6.45) is 0.621. The number of alkyl halides is 2. The summed E-state index contributed by atoms with van der Waals surface area (Å²) in [7, 11) is 0. The normalized spacial score (nSPS) is 11.9. The molecule has 90 valence electrons. The molecule has 0 aromatic carbocycles. The van der Waals surface area contributed by atoms with Crippen molar-refractivity contribution in [2.75, 3.05) is 13.3 Å². The molecule has 0 saturated heterocycles. The van der Waals surface area contributed by atoms with Gasteiger partial charge in [0.1, 0.15) is 13.3 Å². The number of hydrogen-bond acceptors (Lipinski definition) is 2. The molecule has 0 aliphatic carbocycles. The van der Waals surface area contributed by atoms with Gasteiger partial charge in [-0.3, -0.25) is 0 Å². The number of ether oxygens (including phenoxy) is 1. The number of halogens is 2. The summed E-state index contributed by atoms with van der Waals surface area (Å²) in [5, 5.41) is 0. The van der Waals surface area contributed by atoms with Crippen molar-refractivity contribution in [1.82, 2.24) is 4.98 Å². The third-order valence-electron chi connectivity index (χ3n) is 2.23. The Labute approximate surface area is 94.7 Å². The zero-order valence-corrected chi connectivity index (χ0v) is 9.84. The van der Waals surface area contributed by atoms with Crippen molar-refractivity contribution < 1.29 is 13.5 Å². The highest BCUT2D eigenvalue weighted by Crippen LogP contribution is 2.22. The van der Waals surface area contributed by atoms with Crippen LogP contribution in [-0.2, 0) is 5.41 Å². The van der Waals surface area contributed by atoms with Gasteiger partial charge in [-0.25, -0.2) is 13.8 Å². The van der Waals surface area contributed by atoms with E-state index in [1.807, 2.05) is 6.07 Å². The van der Waals surface area contributed by atoms with Gasteiger partial charge in [0.05, 0.1) is 0 Å². The summed E-state index contributed by atoms with van der Waals surface area (Å²) in [6, 6.07) is 3.49. The van der Waals surface area contributed by atoms with Crippen LogP contribution in [0.4, 0.5) is 8.78 Å². The van der Waals surface area contributed by atoms with Crippen LogP contribution in [0.3, 0.4) is 0 Å². The number of hydrogen-bond donors (Lipinski definition) is 0. The van der Waals surface area contributed by atoms with Crippen LogP contribution in [-0.4, -0.2) is 24.4 Å². The minimum atomic E-state index is -1.05. The Morgan fingerprint density at radius 1 is 1.25 bits per heavy atom. The molecule has 0 fully saturated rings. The molecule has 0 radical (unpaired) electrons. The van der Waals surface area contributed by atoms with Gasteiger partial charge in [0.2, 0.25) is 5.88 Å². The summed E-state index contributed by atoms with van der Waals surface area (Å²) in [5.74, 6) is 0.258. The fourth-order valence-electron chi connectivity index (χ4n) is 1.17. The first-order valence-electron chi connectivity index (χ1n) is 5.22. The Bertz CT molecular complexity index is 315. The maximum Gasteiger partial charge on any atom is 0.213 e. The van der Waals surface area contributed by atoms with Gasteiger partial charge >= 0.3 is 0 Å². The SMILES string of the molecule is CC(C)(C)c1ccc(OC(CF)CF)nc1. The molecule has 1 aromatic rings. The third kappa shape index (κ3) is 3.43. The van der Waals surface area contributed by atoms with Crippen molar-refractivity contribution in [2.45, 2.75) is 32.3 Å². The molecular weight excluding hydrogens is 212 g/mol.